The van der Waals surface area contributed by atoms with E-state index in [2.05, 4.69) is 4.72 Å². The molecule has 3 N–H and O–H groups in total. The van der Waals surface area contributed by atoms with Crippen LogP contribution in [0.2, 0.25) is 0 Å². The van der Waals surface area contributed by atoms with Crippen molar-refractivity contribution in [2.45, 2.75) is 0 Å². The zero-order chi connectivity index (χ0) is 12.2. The average molecular weight is 243 g/mol. The molecular formula is C9H10FN3O2S. The molecule has 0 spiro atoms. The Hall–Kier alpha value is -1.65. The van der Waals surface area contributed by atoms with E-state index < -0.39 is 15.8 Å². The minimum Gasteiger partial charge on any atom is -0.329 e. The van der Waals surface area contributed by atoms with E-state index in [1.807, 2.05) is 0 Å². The predicted molar refractivity (Wildman–Crippen MR) is 57.6 cm³/mol. The number of hydrogen-bond acceptors (Lipinski definition) is 4. The van der Waals surface area contributed by atoms with Crippen LogP contribution in [-0.2, 0) is 10.0 Å². The van der Waals surface area contributed by atoms with Crippen molar-refractivity contribution in [3.05, 3.63) is 29.6 Å². The molecule has 0 amide bonds. The van der Waals surface area contributed by atoms with Gasteiger partial charge in [0.2, 0.25) is 10.0 Å². The normalized spacial score (nSPS) is 10.8. The Morgan fingerprint density at radius 3 is 2.75 bits per heavy atom. The third-order valence-corrected chi connectivity index (χ3v) is 3.08. The van der Waals surface area contributed by atoms with Gasteiger partial charge < -0.3 is 5.73 Å². The molecule has 0 saturated carbocycles. The molecule has 0 unspecified atom stereocenters. The highest BCUT2D eigenvalue weighted by atomic mass is 32.2. The molecule has 0 aliphatic heterocycles. The van der Waals surface area contributed by atoms with Gasteiger partial charge in [-0.15, -0.1) is 0 Å². The maximum Gasteiger partial charge on any atom is 0.234 e. The standard InChI is InChI=1S/C9H10FN3O2S/c10-8-2-1-3-9(7(8)6-12)13-16(14,15)5-4-11/h1-3,13H,4-5,11H2. The number of sulfonamides is 1. The van der Waals surface area contributed by atoms with E-state index in [9.17, 15) is 12.8 Å². The molecule has 5 nitrogen and oxygen atoms in total. The summed E-state index contributed by atoms with van der Waals surface area (Å²) in [7, 11) is -3.63. The molecule has 1 aromatic carbocycles. The molecule has 0 bridgehead atoms. The number of hydrogen-bond donors (Lipinski definition) is 2. The summed E-state index contributed by atoms with van der Waals surface area (Å²) in [5.74, 6) is -1.05. The van der Waals surface area contributed by atoms with Crippen molar-refractivity contribution >= 4 is 15.7 Å². The first kappa shape index (κ1) is 12.4. The van der Waals surface area contributed by atoms with Crippen LogP contribution in [0.15, 0.2) is 18.2 Å². The number of benzene rings is 1. The summed E-state index contributed by atoms with van der Waals surface area (Å²) in [6.07, 6.45) is 0. The fraction of sp³-hybridized carbons (Fsp3) is 0.222. The monoisotopic (exact) mass is 243 g/mol. The molecule has 7 heteroatoms. The second kappa shape index (κ2) is 4.92. The van der Waals surface area contributed by atoms with Gasteiger partial charge in [-0.05, 0) is 12.1 Å². The summed E-state index contributed by atoms with van der Waals surface area (Å²) < 4.78 is 38.0. The van der Waals surface area contributed by atoms with Crippen molar-refractivity contribution < 1.29 is 12.8 Å². The Kier molecular flexibility index (Phi) is 3.82. The molecule has 1 aromatic rings. The van der Waals surface area contributed by atoms with Gasteiger partial charge in [0.15, 0.2) is 0 Å². The van der Waals surface area contributed by atoms with Crippen LogP contribution in [0.25, 0.3) is 0 Å². The van der Waals surface area contributed by atoms with Crippen molar-refractivity contribution in [1.29, 1.82) is 5.26 Å². The van der Waals surface area contributed by atoms with Crippen molar-refractivity contribution in [1.82, 2.24) is 0 Å². The third-order valence-electron chi connectivity index (χ3n) is 1.78. The molecule has 0 fully saturated rings. The molecule has 0 saturated heterocycles. The lowest BCUT2D eigenvalue weighted by Crippen LogP contribution is -2.22. The van der Waals surface area contributed by atoms with Gasteiger partial charge in [0.1, 0.15) is 17.4 Å². The highest BCUT2D eigenvalue weighted by Crippen LogP contribution is 2.18. The van der Waals surface area contributed by atoms with E-state index in [1.54, 1.807) is 6.07 Å². The molecule has 0 aliphatic carbocycles. The highest BCUT2D eigenvalue weighted by molar-refractivity contribution is 7.92. The van der Waals surface area contributed by atoms with E-state index >= 15 is 0 Å². The lowest BCUT2D eigenvalue weighted by Gasteiger charge is -2.08. The van der Waals surface area contributed by atoms with Gasteiger partial charge in [0, 0.05) is 6.54 Å². The van der Waals surface area contributed by atoms with Gasteiger partial charge in [-0.1, -0.05) is 6.07 Å². The maximum atomic E-state index is 13.1. The summed E-state index contributed by atoms with van der Waals surface area (Å²) in [6, 6.07) is 5.31. The number of anilines is 1. The van der Waals surface area contributed by atoms with Gasteiger partial charge in [0.25, 0.3) is 0 Å². The van der Waals surface area contributed by atoms with Gasteiger partial charge in [-0.25, -0.2) is 12.8 Å². The fourth-order valence-electron chi connectivity index (χ4n) is 1.10. The minimum atomic E-state index is -3.63. The number of rotatable bonds is 4. The van der Waals surface area contributed by atoms with E-state index in [4.69, 9.17) is 11.0 Å². The van der Waals surface area contributed by atoms with E-state index in [0.29, 0.717) is 0 Å². The Morgan fingerprint density at radius 1 is 1.50 bits per heavy atom. The number of nitrogens with two attached hydrogens (primary N) is 1. The predicted octanol–water partition coefficient (Wildman–Crippen LogP) is 0.398. The lowest BCUT2D eigenvalue weighted by molar-refractivity contribution is 0.601. The Labute approximate surface area is 92.7 Å². The Balaban J connectivity index is 3.08. The largest absolute Gasteiger partial charge is 0.329 e. The van der Waals surface area contributed by atoms with E-state index in [0.717, 1.165) is 6.07 Å². The molecular weight excluding hydrogens is 233 g/mol. The van der Waals surface area contributed by atoms with Crippen molar-refractivity contribution in [2.75, 3.05) is 17.0 Å². The van der Waals surface area contributed by atoms with Crippen LogP contribution in [0.3, 0.4) is 0 Å². The number of nitriles is 1. The summed E-state index contributed by atoms with van der Waals surface area (Å²) >= 11 is 0. The first-order chi connectivity index (χ1) is 7.50. The van der Waals surface area contributed by atoms with Gasteiger partial charge >= 0.3 is 0 Å². The molecule has 1 rings (SSSR count). The molecule has 0 aliphatic rings. The van der Waals surface area contributed by atoms with E-state index in [1.165, 1.54) is 12.1 Å². The van der Waals surface area contributed by atoms with Crippen molar-refractivity contribution in [3.63, 3.8) is 0 Å². The second-order valence-electron chi connectivity index (χ2n) is 2.98. The fourth-order valence-corrected chi connectivity index (χ4v) is 2.01. The van der Waals surface area contributed by atoms with Gasteiger partial charge in [-0.3, -0.25) is 4.72 Å². The highest BCUT2D eigenvalue weighted by Gasteiger charge is 2.14. The van der Waals surface area contributed by atoms with Gasteiger partial charge in [0.05, 0.1) is 11.4 Å². The van der Waals surface area contributed by atoms with E-state index in [-0.39, 0.29) is 23.5 Å². The van der Waals surface area contributed by atoms with Gasteiger partial charge in [-0.2, -0.15) is 5.26 Å². The molecule has 0 heterocycles. The van der Waals surface area contributed by atoms with Crippen LogP contribution in [0.4, 0.5) is 10.1 Å². The van der Waals surface area contributed by atoms with Crippen molar-refractivity contribution in [3.8, 4) is 6.07 Å². The quantitative estimate of drug-likeness (QED) is 0.799. The SMILES string of the molecule is N#Cc1c(F)cccc1NS(=O)(=O)CCN. The summed E-state index contributed by atoms with van der Waals surface area (Å²) in [6.45, 7) is -0.0491. The topological polar surface area (TPSA) is 96.0 Å². The average Bonchev–Trinajstić information content (AvgIpc) is 2.17. The first-order valence-corrected chi connectivity index (χ1v) is 6.04. The second-order valence-corrected chi connectivity index (χ2v) is 4.83. The third kappa shape index (κ3) is 2.92. The van der Waals surface area contributed by atoms with Crippen LogP contribution >= 0.6 is 0 Å². The zero-order valence-electron chi connectivity index (χ0n) is 8.27. The first-order valence-electron chi connectivity index (χ1n) is 4.39. The Morgan fingerprint density at radius 2 is 2.19 bits per heavy atom. The maximum absolute atomic E-state index is 13.1. The lowest BCUT2D eigenvalue weighted by atomic mass is 10.2. The molecule has 0 atom stereocenters. The smallest absolute Gasteiger partial charge is 0.234 e. The Bertz CT molecular complexity index is 522. The van der Waals surface area contributed by atoms with Crippen LogP contribution in [0.1, 0.15) is 5.56 Å². The van der Waals surface area contributed by atoms with Crippen LogP contribution < -0.4 is 10.5 Å². The molecule has 16 heavy (non-hydrogen) atoms. The summed E-state index contributed by atoms with van der Waals surface area (Å²) in [5.41, 5.74) is 4.71. The number of halogens is 1. The summed E-state index contributed by atoms with van der Waals surface area (Å²) in [4.78, 5) is 0. The molecule has 86 valence electrons. The van der Waals surface area contributed by atoms with Crippen LogP contribution in [-0.4, -0.2) is 20.7 Å². The minimum absolute atomic E-state index is 0.0491. The van der Waals surface area contributed by atoms with Crippen molar-refractivity contribution in [2.24, 2.45) is 5.73 Å². The molecule has 0 radical (unpaired) electrons. The van der Waals surface area contributed by atoms with Crippen LogP contribution in [0, 0.1) is 17.1 Å². The number of nitrogens with zero attached hydrogens (tertiary/aromatic N) is 1. The molecule has 0 aromatic heterocycles. The summed E-state index contributed by atoms with van der Waals surface area (Å²) in [5, 5.41) is 8.68. The number of nitrogens with one attached hydrogen (secondary N) is 1. The van der Waals surface area contributed by atoms with Crippen LogP contribution in [0.5, 0.6) is 0 Å². The zero-order valence-corrected chi connectivity index (χ0v) is 9.09.